The van der Waals surface area contributed by atoms with Crippen LogP contribution in [0.2, 0.25) is 0 Å². The minimum Gasteiger partial charge on any atom is -0.481 e. The Morgan fingerprint density at radius 2 is 2.15 bits per heavy atom. The summed E-state index contributed by atoms with van der Waals surface area (Å²) in [6.07, 6.45) is 1.82. The summed E-state index contributed by atoms with van der Waals surface area (Å²) in [4.78, 5) is 26.5. The molecule has 0 bridgehead atoms. The number of nitrogens with zero attached hydrogens (tertiary/aromatic N) is 2. The molecule has 1 heterocycles. The molecule has 0 saturated carbocycles. The van der Waals surface area contributed by atoms with E-state index in [1.54, 1.807) is 0 Å². The average Bonchev–Trinajstić information content (AvgIpc) is 2.79. The van der Waals surface area contributed by atoms with E-state index in [2.05, 4.69) is 25.8 Å². The van der Waals surface area contributed by atoms with Crippen molar-refractivity contribution in [2.45, 2.75) is 39.7 Å². The summed E-state index contributed by atoms with van der Waals surface area (Å²) in [7, 11) is 0. The van der Waals surface area contributed by atoms with Gasteiger partial charge in [0, 0.05) is 19.0 Å². The zero-order chi connectivity index (χ0) is 15.2. The van der Waals surface area contributed by atoms with Crippen molar-refractivity contribution >= 4 is 12.0 Å². The lowest BCUT2D eigenvalue weighted by Gasteiger charge is -2.30. The number of urea groups is 1. The number of carboxylic acid groups (broad SMARTS) is 1. The van der Waals surface area contributed by atoms with Crippen LogP contribution in [0.25, 0.3) is 0 Å². The van der Waals surface area contributed by atoms with Gasteiger partial charge in [-0.15, -0.1) is 0 Å². The second-order valence-corrected chi connectivity index (χ2v) is 5.60. The Morgan fingerprint density at radius 3 is 2.65 bits per heavy atom. The van der Waals surface area contributed by atoms with E-state index in [1.807, 2.05) is 20.8 Å². The Morgan fingerprint density at radius 1 is 1.45 bits per heavy atom. The maximum Gasteiger partial charge on any atom is 0.315 e. The average molecular weight is 283 g/mol. The molecule has 0 spiro atoms. The van der Waals surface area contributed by atoms with E-state index in [1.165, 1.54) is 6.33 Å². The third kappa shape index (κ3) is 5.68. The van der Waals surface area contributed by atoms with Crippen LogP contribution < -0.4 is 10.6 Å². The summed E-state index contributed by atoms with van der Waals surface area (Å²) < 4.78 is 0. The summed E-state index contributed by atoms with van der Waals surface area (Å²) in [6, 6.07) is -0.823. The highest BCUT2D eigenvalue weighted by atomic mass is 16.4. The third-order valence-electron chi connectivity index (χ3n) is 2.84. The number of carbonyl (C=O) groups is 2. The first-order chi connectivity index (χ1) is 9.29. The molecule has 0 aliphatic rings. The molecule has 2 amide bonds. The van der Waals surface area contributed by atoms with Crippen LogP contribution in [0.1, 0.15) is 33.0 Å². The molecular weight excluding hydrogens is 262 g/mol. The minimum absolute atomic E-state index is 0.112. The van der Waals surface area contributed by atoms with Gasteiger partial charge in [0.25, 0.3) is 0 Å². The fraction of sp³-hybridized carbons (Fsp3) is 0.667. The quantitative estimate of drug-likeness (QED) is 0.607. The van der Waals surface area contributed by atoms with Crippen molar-refractivity contribution < 1.29 is 14.7 Å². The topological polar surface area (TPSA) is 120 Å². The van der Waals surface area contributed by atoms with E-state index in [4.69, 9.17) is 5.11 Å². The van der Waals surface area contributed by atoms with Gasteiger partial charge in [-0.25, -0.2) is 9.78 Å². The molecule has 1 aromatic rings. The fourth-order valence-corrected chi connectivity index (χ4v) is 1.60. The lowest BCUT2D eigenvalue weighted by atomic mass is 9.85. The molecule has 1 unspecified atom stereocenters. The zero-order valence-corrected chi connectivity index (χ0v) is 11.9. The van der Waals surface area contributed by atoms with Crippen LogP contribution in [0.15, 0.2) is 6.33 Å². The van der Waals surface area contributed by atoms with Crippen LogP contribution in [-0.2, 0) is 11.2 Å². The first-order valence-electron chi connectivity index (χ1n) is 6.39. The Balaban J connectivity index is 2.39. The van der Waals surface area contributed by atoms with Crippen LogP contribution >= 0.6 is 0 Å². The molecule has 0 aromatic carbocycles. The summed E-state index contributed by atoms with van der Waals surface area (Å²) >= 11 is 0. The predicted octanol–water partition coefficient (Wildman–Crippen LogP) is 0.536. The van der Waals surface area contributed by atoms with Gasteiger partial charge < -0.3 is 15.7 Å². The van der Waals surface area contributed by atoms with Crippen molar-refractivity contribution in [1.29, 1.82) is 0 Å². The highest BCUT2D eigenvalue weighted by Gasteiger charge is 2.28. The van der Waals surface area contributed by atoms with Gasteiger partial charge in [-0.2, -0.15) is 5.10 Å². The van der Waals surface area contributed by atoms with E-state index >= 15 is 0 Å². The number of amides is 2. The van der Waals surface area contributed by atoms with E-state index in [0.29, 0.717) is 18.8 Å². The molecule has 0 fully saturated rings. The van der Waals surface area contributed by atoms with E-state index in [-0.39, 0.29) is 17.9 Å². The highest BCUT2D eigenvalue weighted by Crippen LogP contribution is 2.21. The number of rotatable bonds is 6. The van der Waals surface area contributed by atoms with Gasteiger partial charge in [0.2, 0.25) is 0 Å². The highest BCUT2D eigenvalue weighted by molar-refractivity contribution is 5.75. The summed E-state index contributed by atoms with van der Waals surface area (Å²) in [5.41, 5.74) is -0.333. The Hall–Kier alpha value is -2.12. The predicted molar refractivity (Wildman–Crippen MR) is 72.1 cm³/mol. The third-order valence-corrected chi connectivity index (χ3v) is 2.84. The Kier molecular flexibility index (Phi) is 5.48. The lowest BCUT2D eigenvalue weighted by Crippen LogP contribution is -2.49. The zero-order valence-electron chi connectivity index (χ0n) is 11.9. The van der Waals surface area contributed by atoms with Crippen molar-refractivity contribution in [3.8, 4) is 0 Å². The maximum absolute atomic E-state index is 11.7. The van der Waals surface area contributed by atoms with Gasteiger partial charge in [0.15, 0.2) is 0 Å². The van der Waals surface area contributed by atoms with Crippen molar-refractivity contribution in [2.24, 2.45) is 5.41 Å². The van der Waals surface area contributed by atoms with Gasteiger partial charge in [0.1, 0.15) is 12.2 Å². The number of hydrogen-bond donors (Lipinski definition) is 4. The largest absolute Gasteiger partial charge is 0.481 e. The van der Waals surface area contributed by atoms with Crippen LogP contribution in [0.4, 0.5) is 4.79 Å². The molecule has 8 nitrogen and oxygen atoms in total. The molecular formula is C12H21N5O3. The van der Waals surface area contributed by atoms with Gasteiger partial charge in [-0.3, -0.25) is 9.89 Å². The Bertz CT molecular complexity index is 438. The lowest BCUT2D eigenvalue weighted by molar-refractivity contribution is -0.138. The molecule has 1 aromatic heterocycles. The standard InChI is InChI=1S/C12H21N5O3/c1-12(2,3)8(6-10(18)19)16-11(20)13-5-4-9-14-7-15-17-9/h7-8H,4-6H2,1-3H3,(H,18,19)(H2,13,16,20)(H,14,15,17). The number of carbonyl (C=O) groups excluding carboxylic acids is 1. The van der Waals surface area contributed by atoms with Crippen molar-refractivity contribution in [3.05, 3.63) is 12.2 Å². The number of carboxylic acids is 1. The molecule has 8 heteroatoms. The molecule has 0 saturated heterocycles. The van der Waals surface area contributed by atoms with Crippen LogP contribution in [0.5, 0.6) is 0 Å². The van der Waals surface area contributed by atoms with Crippen molar-refractivity contribution in [3.63, 3.8) is 0 Å². The summed E-state index contributed by atoms with van der Waals surface area (Å²) in [5, 5.41) is 20.6. The SMILES string of the molecule is CC(C)(C)C(CC(=O)O)NC(=O)NCCc1ncn[nH]1. The first-order valence-corrected chi connectivity index (χ1v) is 6.39. The molecule has 4 N–H and O–H groups in total. The minimum atomic E-state index is -0.938. The molecule has 1 rings (SSSR count). The summed E-state index contributed by atoms with van der Waals surface area (Å²) in [5.74, 6) is -0.255. The second-order valence-electron chi connectivity index (χ2n) is 5.60. The Labute approximate surface area is 117 Å². The van der Waals surface area contributed by atoms with Crippen molar-refractivity contribution in [2.75, 3.05) is 6.54 Å². The number of aliphatic carboxylic acids is 1. The van der Waals surface area contributed by atoms with E-state index in [9.17, 15) is 9.59 Å². The number of hydrogen-bond acceptors (Lipinski definition) is 4. The maximum atomic E-state index is 11.7. The monoisotopic (exact) mass is 283 g/mol. The normalized spacial score (nSPS) is 12.8. The molecule has 0 radical (unpaired) electrons. The van der Waals surface area contributed by atoms with E-state index in [0.717, 1.165) is 0 Å². The van der Waals surface area contributed by atoms with Crippen LogP contribution in [-0.4, -0.2) is 44.9 Å². The molecule has 0 aliphatic carbocycles. The number of aromatic amines is 1. The van der Waals surface area contributed by atoms with Crippen LogP contribution in [0, 0.1) is 5.41 Å². The van der Waals surface area contributed by atoms with Crippen molar-refractivity contribution in [1.82, 2.24) is 25.8 Å². The van der Waals surface area contributed by atoms with Gasteiger partial charge in [0.05, 0.1) is 6.42 Å². The number of nitrogens with one attached hydrogen (secondary N) is 3. The van der Waals surface area contributed by atoms with E-state index < -0.39 is 12.0 Å². The van der Waals surface area contributed by atoms with Crippen LogP contribution in [0.3, 0.4) is 0 Å². The first kappa shape index (κ1) is 15.9. The van der Waals surface area contributed by atoms with Gasteiger partial charge in [-0.05, 0) is 5.41 Å². The summed E-state index contributed by atoms with van der Waals surface area (Å²) in [6.45, 7) is 6.05. The second kappa shape index (κ2) is 6.88. The fourth-order valence-electron chi connectivity index (χ4n) is 1.60. The molecule has 1 atom stereocenters. The van der Waals surface area contributed by atoms with Gasteiger partial charge >= 0.3 is 12.0 Å². The molecule has 20 heavy (non-hydrogen) atoms. The number of aromatic nitrogens is 3. The van der Waals surface area contributed by atoms with Gasteiger partial charge in [-0.1, -0.05) is 20.8 Å². The molecule has 112 valence electrons. The molecule has 0 aliphatic heterocycles. The number of H-pyrrole nitrogens is 1. The smallest absolute Gasteiger partial charge is 0.315 e.